The second-order valence-corrected chi connectivity index (χ2v) is 10.8. The van der Waals surface area contributed by atoms with Crippen molar-refractivity contribution in [2.24, 2.45) is 0 Å². The van der Waals surface area contributed by atoms with E-state index in [0.29, 0.717) is 6.07 Å². The predicted molar refractivity (Wildman–Crippen MR) is 71.1 cm³/mol. The zero-order chi connectivity index (χ0) is 15.9. The first-order valence-corrected chi connectivity index (χ1v) is 8.89. The molecule has 0 atom stereocenters. The Kier molecular flexibility index (Phi) is 4.24. The summed E-state index contributed by atoms with van der Waals surface area (Å²) >= 11 is 0. The van der Waals surface area contributed by atoms with Gasteiger partial charge in [0.05, 0.1) is 0 Å². The Hall–Kier alpha value is -1.50. The van der Waals surface area contributed by atoms with Crippen molar-refractivity contribution in [3.63, 3.8) is 0 Å². The van der Waals surface area contributed by atoms with Crippen LogP contribution in [-0.2, 0) is 0 Å². The van der Waals surface area contributed by atoms with Crippen molar-refractivity contribution in [2.45, 2.75) is 38.9 Å². The molecule has 0 aliphatic carbocycles. The largest absolute Gasteiger partial charge is 0.539 e. The monoisotopic (exact) mass is 306 g/mol. The molecule has 0 heterocycles. The zero-order valence-electron chi connectivity index (χ0n) is 12.0. The highest BCUT2D eigenvalue weighted by atomic mass is 28.4. The molecule has 0 radical (unpaired) electrons. The molecule has 1 rings (SSSR count). The molecular formula is C13H17F3O3Si. The van der Waals surface area contributed by atoms with Gasteiger partial charge in [0, 0.05) is 0 Å². The Morgan fingerprint density at radius 2 is 1.70 bits per heavy atom. The predicted octanol–water partition coefficient (Wildman–Crippen LogP) is 4.19. The topological polar surface area (TPSA) is 46.5 Å². The molecule has 0 fully saturated rings. The second-order valence-electron chi connectivity index (χ2n) is 6.03. The first kappa shape index (κ1) is 16.6. The molecule has 0 amide bonds. The first-order chi connectivity index (χ1) is 8.88. The Morgan fingerprint density at radius 1 is 1.20 bits per heavy atom. The van der Waals surface area contributed by atoms with Crippen LogP contribution in [0, 0.1) is 17.5 Å². The molecule has 3 nitrogen and oxygen atoms in total. The summed E-state index contributed by atoms with van der Waals surface area (Å²) in [7, 11) is -2.63. The molecule has 7 heteroatoms. The molecule has 0 saturated heterocycles. The molecule has 20 heavy (non-hydrogen) atoms. The number of benzene rings is 1. The second kappa shape index (κ2) is 5.12. The minimum Gasteiger partial charge on any atom is -0.539 e. The van der Waals surface area contributed by atoms with E-state index in [9.17, 15) is 18.0 Å². The lowest BCUT2D eigenvalue weighted by molar-refractivity contribution is 0.0690. The summed E-state index contributed by atoms with van der Waals surface area (Å²) in [6.07, 6.45) is 0. The van der Waals surface area contributed by atoms with Gasteiger partial charge in [-0.1, -0.05) is 20.8 Å². The van der Waals surface area contributed by atoms with Crippen LogP contribution < -0.4 is 4.43 Å². The third-order valence-corrected chi connectivity index (χ3v) is 7.84. The average molecular weight is 306 g/mol. The molecule has 0 bridgehead atoms. The van der Waals surface area contributed by atoms with Gasteiger partial charge in [-0.15, -0.1) is 0 Å². The van der Waals surface area contributed by atoms with Crippen LogP contribution in [0.25, 0.3) is 0 Å². The van der Waals surface area contributed by atoms with Crippen molar-refractivity contribution in [1.82, 2.24) is 0 Å². The number of carboxylic acid groups (broad SMARTS) is 1. The summed E-state index contributed by atoms with van der Waals surface area (Å²) in [5, 5.41) is 8.42. The molecule has 0 spiro atoms. The summed E-state index contributed by atoms with van der Waals surface area (Å²) in [6.45, 7) is 8.96. The number of hydrogen-bond donors (Lipinski definition) is 1. The zero-order valence-corrected chi connectivity index (χ0v) is 13.0. The molecule has 0 aromatic heterocycles. The van der Waals surface area contributed by atoms with Crippen LogP contribution in [0.3, 0.4) is 0 Å². The third kappa shape index (κ3) is 2.97. The third-order valence-electron chi connectivity index (χ3n) is 3.51. The van der Waals surface area contributed by atoms with E-state index in [0.717, 1.165) is 0 Å². The van der Waals surface area contributed by atoms with E-state index in [-0.39, 0.29) is 5.04 Å². The van der Waals surface area contributed by atoms with E-state index >= 15 is 0 Å². The van der Waals surface area contributed by atoms with Gasteiger partial charge in [-0.2, -0.15) is 4.39 Å². The Balaban J connectivity index is 3.43. The molecule has 0 aliphatic heterocycles. The van der Waals surface area contributed by atoms with E-state index in [1.807, 2.05) is 20.8 Å². The van der Waals surface area contributed by atoms with Gasteiger partial charge in [-0.25, -0.2) is 13.6 Å². The Bertz CT molecular complexity index is 551. The van der Waals surface area contributed by atoms with Crippen LogP contribution >= 0.6 is 0 Å². The van der Waals surface area contributed by atoms with Crippen molar-refractivity contribution in [2.75, 3.05) is 0 Å². The van der Waals surface area contributed by atoms with Gasteiger partial charge in [0.25, 0.3) is 8.32 Å². The smallest absolute Gasteiger partial charge is 0.338 e. The summed E-state index contributed by atoms with van der Waals surface area (Å²) in [5.41, 5.74) is -0.947. The summed E-state index contributed by atoms with van der Waals surface area (Å²) in [6, 6.07) is 0.311. The van der Waals surface area contributed by atoms with Crippen LogP contribution in [0.4, 0.5) is 13.2 Å². The Labute approximate surface area is 116 Å². The van der Waals surface area contributed by atoms with Crippen LogP contribution in [0.15, 0.2) is 6.07 Å². The molecule has 1 aromatic carbocycles. The van der Waals surface area contributed by atoms with E-state index in [1.165, 1.54) is 0 Å². The fraction of sp³-hybridized carbons (Fsp3) is 0.462. The molecule has 1 aromatic rings. The lowest BCUT2D eigenvalue weighted by atomic mass is 10.2. The quantitative estimate of drug-likeness (QED) is 0.673. The molecular weight excluding hydrogens is 289 g/mol. The highest BCUT2D eigenvalue weighted by molar-refractivity contribution is 6.74. The molecule has 0 unspecified atom stereocenters. The minimum absolute atomic E-state index is 0.311. The SMILES string of the molecule is CC(C)(C)[Si](C)(C)Oc1c(F)c(F)cc(C(=O)O)c1F. The number of carboxylic acids is 1. The maximum atomic E-state index is 14.0. The van der Waals surface area contributed by atoms with Crippen LogP contribution in [0.5, 0.6) is 5.75 Å². The van der Waals surface area contributed by atoms with Crippen molar-refractivity contribution < 1.29 is 27.5 Å². The normalized spacial score (nSPS) is 12.4. The van der Waals surface area contributed by atoms with Gasteiger partial charge in [0.1, 0.15) is 5.56 Å². The van der Waals surface area contributed by atoms with Gasteiger partial charge >= 0.3 is 5.97 Å². The standard InChI is InChI=1S/C13H17F3O3Si/c1-13(2,3)20(4,5)19-11-9(15)7(12(17)18)6-8(14)10(11)16/h6H,1-5H3,(H,17,18). The average Bonchev–Trinajstić information content (AvgIpc) is 2.27. The molecule has 0 aliphatic rings. The Morgan fingerprint density at radius 3 is 2.10 bits per heavy atom. The van der Waals surface area contributed by atoms with Gasteiger partial charge in [0.2, 0.25) is 5.82 Å². The highest BCUT2D eigenvalue weighted by Gasteiger charge is 2.41. The number of halogens is 3. The van der Waals surface area contributed by atoms with Gasteiger partial charge in [-0.3, -0.25) is 0 Å². The maximum Gasteiger partial charge on any atom is 0.338 e. The van der Waals surface area contributed by atoms with Crippen molar-refractivity contribution in [3.05, 3.63) is 29.1 Å². The van der Waals surface area contributed by atoms with Crippen LogP contribution in [0.2, 0.25) is 18.1 Å². The fourth-order valence-electron chi connectivity index (χ4n) is 1.23. The van der Waals surface area contributed by atoms with E-state index in [4.69, 9.17) is 9.53 Å². The van der Waals surface area contributed by atoms with Crippen molar-refractivity contribution in [3.8, 4) is 5.75 Å². The highest BCUT2D eigenvalue weighted by Crippen LogP contribution is 2.39. The van der Waals surface area contributed by atoms with E-state index < -0.39 is 43.1 Å². The van der Waals surface area contributed by atoms with Gasteiger partial charge in [0.15, 0.2) is 17.4 Å². The van der Waals surface area contributed by atoms with Crippen LogP contribution in [0.1, 0.15) is 31.1 Å². The molecule has 0 saturated carbocycles. The number of hydrogen-bond acceptors (Lipinski definition) is 2. The number of aromatic carboxylic acids is 1. The maximum absolute atomic E-state index is 14.0. The number of carbonyl (C=O) groups is 1. The minimum atomic E-state index is -2.63. The summed E-state index contributed by atoms with van der Waals surface area (Å²) in [5.74, 6) is -6.97. The van der Waals surface area contributed by atoms with Crippen molar-refractivity contribution in [1.29, 1.82) is 0 Å². The summed E-state index contributed by atoms with van der Waals surface area (Å²) in [4.78, 5) is 10.8. The number of rotatable bonds is 3. The molecule has 1 N–H and O–H groups in total. The van der Waals surface area contributed by atoms with Gasteiger partial charge in [-0.05, 0) is 24.2 Å². The van der Waals surface area contributed by atoms with Crippen molar-refractivity contribution >= 4 is 14.3 Å². The van der Waals surface area contributed by atoms with Crippen LogP contribution in [-0.4, -0.2) is 19.4 Å². The summed E-state index contributed by atoms with van der Waals surface area (Å²) < 4.78 is 46.5. The molecule has 112 valence electrons. The first-order valence-electron chi connectivity index (χ1n) is 5.98. The van der Waals surface area contributed by atoms with E-state index in [1.54, 1.807) is 13.1 Å². The lowest BCUT2D eigenvalue weighted by Gasteiger charge is -2.36. The fourth-order valence-corrected chi connectivity index (χ4v) is 2.23. The van der Waals surface area contributed by atoms with E-state index in [2.05, 4.69) is 0 Å². The van der Waals surface area contributed by atoms with Gasteiger partial charge < -0.3 is 9.53 Å². The lowest BCUT2D eigenvalue weighted by Crippen LogP contribution is -2.44.